The van der Waals surface area contributed by atoms with Gasteiger partial charge < -0.3 is 9.64 Å². The van der Waals surface area contributed by atoms with Crippen molar-refractivity contribution < 1.29 is 14.4 Å². The predicted octanol–water partition coefficient (Wildman–Crippen LogP) is 2.93. The lowest BCUT2D eigenvalue weighted by atomic mass is 10.00. The number of nitrogens with zero attached hydrogens (tertiary/aromatic N) is 2. The van der Waals surface area contributed by atoms with E-state index in [4.69, 9.17) is 14.6 Å². The number of amides is 1. The number of aliphatic imine (C=N–C) groups is 1. The van der Waals surface area contributed by atoms with Crippen molar-refractivity contribution in [3.8, 4) is 5.75 Å². The SMILES string of the molecule is CCOc1ccc(CC(=O)N2CCC3(CC2)N=C(c2ccccc2)NO3)cc1. The Morgan fingerprint density at radius 2 is 1.86 bits per heavy atom. The number of nitrogens with one attached hydrogen (secondary N) is 1. The van der Waals surface area contributed by atoms with Crippen LogP contribution in [0.25, 0.3) is 0 Å². The summed E-state index contributed by atoms with van der Waals surface area (Å²) in [5.74, 6) is 1.73. The van der Waals surface area contributed by atoms with Gasteiger partial charge in [-0.3, -0.25) is 4.79 Å². The molecule has 1 spiro atoms. The molecular formula is C22H25N3O3. The number of carbonyl (C=O) groups excluding carboxylic acids is 1. The summed E-state index contributed by atoms with van der Waals surface area (Å²) in [4.78, 5) is 25.2. The highest BCUT2D eigenvalue weighted by atomic mass is 16.7. The molecule has 0 saturated carbocycles. The van der Waals surface area contributed by atoms with E-state index in [1.165, 1.54) is 0 Å². The van der Waals surface area contributed by atoms with Gasteiger partial charge in [-0.1, -0.05) is 42.5 Å². The van der Waals surface area contributed by atoms with Crippen LogP contribution >= 0.6 is 0 Å². The fourth-order valence-corrected chi connectivity index (χ4v) is 3.59. The number of hydrogen-bond acceptors (Lipinski definition) is 5. The van der Waals surface area contributed by atoms with E-state index in [-0.39, 0.29) is 5.91 Å². The molecular weight excluding hydrogens is 354 g/mol. The molecule has 0 aromatic heterocycles. The summed E-state index contributed by atoms with van der Waals surface area (Å²) < 4.78 is 5.45. The second-order valence-corrected chi connectivity index (χ2v) is 7.11. The van der Waals surface area contributed by atoms with Crippen LogP contribution in [0.2, 0.25) is 0 Å². The van der Waals surface area contributed by atoms with E-state index in [1.807, 2.05) is 66.4 Å². The number of amidine groups is 1. The molecule has 28 heavy (non-hydrogen) atoms. The van der Waals surface area contributed by atoms with E-state index >= 15 is 0 Å². The summed E-state index contributed by atoms with van der Waals surface area (Å²) in [5, 5.41) is 0. The van der Waals surface area contributed by atoms with Crippen molar-refractivity contribution in [3.05, 3.63) is 65.7 Å². The highest BCUT2D eigenvalue weighted by molar-refractivity contribution is 5.99. The molecule has 2 aliphatic rings. The van der Waals surface area contributed by atoms with Gasteiger partial charge >= 0.3 is 0 Å². The van der Waals surface area contributed by atoms with Crippen molar-refractivity contribution in [2.75, 3.05) is 19.7 Å². The van der Waals surface area contributed by atoms with Crippen LogP contribution in [0.5, 0.6) is 5.75 Å². The van der Waals surface area contributed by atoms with E-state index in [1.54, 1.807) is 0 Å². The van der Waals surface area contributed by atoms with Crippen LogP contribution in [0, 0.1) is 0 Å². The van der Waals surface area contributed by atoms with E-state index < -0.39 is 5.72 Å². The standard InChI is InChI=1S/C22H25N3O3/c1-2-27-19-10-8-17(9-11-19)16-20(26)25-14-12-22(13-15-25)23-21(24-28-22)18-6-4-3-5-7-18/h3-11H,2,12-16H2,1H3,(H,23,24). The largest absolute Gasteiger partial charge is 0.494 e. The predicted molar refractivity (Wildman–Crippen MR) is 107 cm³/mol. The Labute approximate surface area is 165 Å². The maximum Gasteiger partial charge on any atom is 0.226 e. The maximum absolute atomic E-state index is 12.7. The molecule has 2 heterocycles. The van der Waals surface area contributed by atoms with Gasteiger partial charge in [-0.25, -0.2) is 15.3 Å². The quantitative estimate of drug-likeness (QED) is 0.868. The molecule has 4 rings (SSSR count). The average Bonchev–Trinajstić information content (AvgIpc) is 3.14. The lowest BCUT2D eigenvalue weighted by Crippen LogP contribution is -2.47. The molecule has 1 N–H and O–H groups in total. The van der Waals surface area contributed by atoms with Gasteiger partial charge in [0.05, 0.1) is 13.0 Å². The van der Waals surface area contributed by atoms with E-state index in [2.05, 4.69) is 5.48 Å². The normalized spacial score (nSPS) is 17.9. The Hall–Kier alpha value is -2.86. The van der Waals surface area contributed by atoms with Gasteiger partial charge in [0.25, 0.3) is 0 Å². The molecule has 6 heteroatoms. The maximum atomic E-state index is 12.7. The smallest absolute Gasteiger partial charge is 0.226 e. The molecule has 0 unspecified atom stereocenters. The summed E-state index contributed by atoms with van der Waals surface area (Å²) in [6.45, 7) is 3.88. The van der Waals surface area contributed by atoms with Crippen LogP contribution in [0.15, 0.2) is 59.6 Å². The number of hydrogen-bond donors (Lipinski definition) is 1. The molecule has 2 aliphatic heterocycles. The summed E-state index contributed by atoms with van der Waals surface area (Å²) in [6.07, 6.45) is 1.77. The van der Waals surface area contributed by atoms with Crippen molar-refractivity contribution in [3.63, 3.8) is 0 Å². The minimum absolute atomic E-state index is 0.136. The highest BCUT2D eigenvalue weighted by Crippen LogP contribution is 2.31. The highest BCUT2D eigenvalue weighted by Gasteiger charge is 2.41. The average molecular weight is 379 g/mol. The molecule has 0 aliphatic carbocycles. The molecule has 2 aromatic carbocycles. The lowest BCUT2D eigenvalue weighted by Gasteiger charge is -2.35. The minimum Gasteiger partial charge on any atom is -0.494 e. The van der Waals surface area contributed by atoms with Crippen molar-refractivity contribution >= 4 is 11.7 Å². The van der Waals surface area contributed by atoms with Crippen LogP contribution < -0.4 is 10.2 Å². The Morgan fingerprint density at radius 1 is 1.14 bits per heavy atom. The molecule has 0 bridgehead atoms. The Balaban J connectivity index is 1.34. The van der Waals surface area contributed by atoms with Gasteiger partial charge in [0.1, 0.15) is 5.75 Å². The third kappa shape index (κ3) is 4.02. The zero-order chi connectivity index (χ0) is 19.4. The topological polar surface area (TPSA) is 63.2 Å². The van der Waals surface area contributed by atoms with E-state index in [0.717, 1.165) is 22.7 Å². The van der Waals surface area contributed by atoms with Crippen molar-refractivity contribution in [1.82, 2.24) is 10.4 Å². The number of benzene rings is 2. The number of likely N-dealkylation sites (tertiary alicyclic amines) is 1. The number of carbonyl (C=O) groups is 1. The van der Waals surface area contributed by atoms with Crippen LogP contribution in [0.3, 0.4) is 0 Å². The minimum atomic E-state index is -0.568. The van der Waals surface area contributed by atoms with Crippen molar-refractivity contribution in [2.45, 2.75) is 31.9 Å². The second kappa shape index (κ2) is 8.02. The van der Waals surface area contributed by atoms with Gasteiger partial charge in [0, 0.05) is 31.5 Å². The van der Waals surface area contributed by atoms with Crippen LogP contribution in [-0.2, 0) is 16.1 Å². The molecule has 2 aromatic rings. The van der Waals surface area contributed by atoms with Crippen LogP contribution in [0.1, 0.15) is 30.9 Å². The fraction of sp³-hybridized carbons (Fsp3) is 0.364. The lowest BCUT2D eigenvalue weighted by molar-refractivity contribution is -0.138. The van der Waals surface area contributed by atoms with E-state index in [9.17, 15) is 4.79 Å². The first-order chi connectivity index (χ1) is 13.7. The Kier molecular flexibility index (Phi) is 5.30. The van der Waals surface area contributed by atoms with Crippen LogP contribution in [0.4, 0.5) is 0 Å². The van der Waals surface area contributed by atoms with E-state index in [0.29, 0.717) is 39.0 Å². The van der Waals surface area contributed by atoms with Crippen molar-refractivity contribution in [1.29, 1.82) is 0 Å². The number of rotatable bonds is 5. The fourth-order valence-electron chi connectivity index (χ4n) is 3.59. The molecule has 1 amide bonds. The summed E-state index contributed by atoms with van der Waals surface area (Å²) in [6, 6.07) is 17.7. The molecule has 1 saturated heterocycles. The van der Waals surface area contributed by atoms with Gasteiger partial charge in [-0.2, -0.15) is 0 Å². The first-order valence-electron chi connectivity index (χ1n) is 9.76. The summed E-state index contributed by atoms with van der Waals surface area (Å²) in [5.41, 5.74) is 4.40. The molecule has 0 radical (unpaired) electrons. The number of piperidine rings is 1. The van der Waals surface area contributed by atoms with Crippen LogP contribution in [-0.4, -0.2) is 42.1 Å². The zero-order valence-corrected chi connectivity index (χ0v) is 16.1. The summed E-state index contributed by atoms with van der Waals surface area (Å²) in [7, 11) is 0. The summed E-state index contributed by atoms with van der Waals surface area (Å²) >= 11 is 0. The third-order valence-electron chi connectivity index (χ3n) is 5.19. The molecule has 6 nitrogen and oxygen atoms in total. The molecule has 0 atom stereocenters. The molecule has 146 valence electrons. The first-order valence-corrected chi connectivity index (χ1v) is 9.76. The zero-order valence-electron chi connectivity index (χ0n) is 16.1. The third-order valence-corrected chi connectivity index (χ3v) is 5.19. The van der Waals surface area contributed by atoms with Gasteiger partial charge in [0.15, 0.2) is 11.6 Å². The first kappa shape index (κ1) is 18.5. The second-order valence-electron chi connectivity index (χ2n) is 7.11. The van der Waals surface area contributed by atoms with Gasteiger partial charge in [-0.15, -0.1) is 0 Å². The van der Waals surface area contributed by atoms with Crippen molar-refractivity contribution in [2.24, 2.45) is 4.99 Å². The van der Waals surface area contributed by atoms with Gasteiger partial charge in [0.2, 0.25) is 5.91 Å². The molecule has 1 fully saturated rings. The number of ether oxygens (including phenoxy) is 1. The number of hydroxylamine groups is 1. The monoisotopic (exact) mass is 379 g/mol. The Morgan fingerprint density at radius 3 is 2.54 bits per heavy atom. The van der Waals surface area contributed by atoms with Gasteiger partial charge in [-0.05, 0) is 24.6 Å². The Bertz CT molecular complexity index is 841.